The van der Waals surface area contributed by atoms with Crippen molar-refractivity contribution in [1.82, 2.24) is 4.72 Å². The fraction of sp³-hybridized carbons (Fsp3) is 0.474. The van der Waals surface area contributed by atoms with Gasteiger partial charge in [-0.2, -0.15) is 0 Å². The Morgan fingerprint density at radius 3 is 1.87 bits per heavy atom. The summed E-state index contributed by atoms with van der Waals surface area (Å²) in [6.07, 6.45) is 7.66. The van der Waals surface area contributed by atoms with Crippen molar-refractivity contribution in [3.63, 3.8) is 0 Å². The van der Waals surface area contributed by atoms with E-state index in [1.165, 1.54) is 51.8 Å². The van der Waals surface area contributed by atoms with Crippen LogP contribution in [0.3, 0.4) is 0 Å². The molecule has 8 heteroatoms. The topological polar surface area (TPSA) is 73.9 Å². The first-order chi connectivity index (χ1) is 22.2. The van der Waals surface area contributed by atoms with Crippen molar-refractivity contribution in [1.29, 1.82) is 0 Å². The summed E-state index contributed by atoms with van der Waals surface area (Å²) >= 11 is -2.87. The number of methoxy groups -OCH3 is 3. The molecule has 0 radical (unpaired) electrons. The third-order valence-electron chi connectivity index (χ3n) is 8.63. The van der Waals surface area contributed by atoms with Crippen LogP contribution in [0, 0.1) is 16.8 Å². The average molecular weight is 755 g/mol. The summed E-state index contributed by atoms with van der Waals surface area (Å²) in [6.45, 7) is 8.98. The fourth-order valence-electron chi connectivity index (χ4n) is 5.84. The number of hydrogen-bond donors (Lipinski definition) is 1. The molecule has 3 aromatic carbocycles. The van der Waals surface area contributed by atoms with Crippen molar-refractivity contribution < 1.29 is 22.6 Å². The van der Waals surface area contributed by atoms with Crippen LogP contribution in [0.1, 0.15) is 76.0 Å². The van der Waals surface area contributed by atoms with E-state index in [2.05, 4.69) is 35.4 Å². The fourth-order valence-corrected chi connectivity index (χ4v) is 20.0. The maximum absolute atomic E-state index is 13.2. The Morgan fingerprint density at radius 2 is 1.37 bits per heavy atom. The number of sulfonamides is 1. The number of aryl methyl sites for hydroxylation is 1. The number of benzene rings is 3. The van der Waals surface area contributed by atoms with Gasteiger partial charge in [0.15, 0.2) is 0 Å². The molecule has 0 heterocycles. The Kier molecular flexibility index (Phi) is 15.3. The van der Waals surface area contributed by atoms with Crippen LogP contribution in [-0.2, 0) is 16.4 Å². The van der Waals surface area contributed by atoms with Gasteiger partial charge in [-0.3, -0.25) is 0 Å². The molecule has 0 bridgehead atoms. The standard InChI is InChI=1S/C26H26NO5S.3C4H9.Sn/c1-6-23-20(15-16-27-33(28,29)22-13-7-18(2)8-14-22)17-24(31-4)26(32-5)25(23)19-9-11-21(30-3)12-10-19;3*1-3-4-2;/h7-14,17,27H,15-16H2,2-5H3;3*1,3-4H2,2H3;. The number of nitrogens with one attached hydrogen (secondary N) is 1. The van der Waals surface area contributed by atoms with Crippen LogP contribution < -0.4 is 18.9 Å². The summed E-state index contributed by atoms with van der Waals surface area (Å²) in [5, 5.41) is 0. The number of unbranched alkanes of at least 4 members (excludes halogenated alkanes) is 3. The van der Waals surface area contributed by atoms with Crippen LogP contribution in [0.2, 0.25) is 13.3 Å². The summed E-state index contributed by atoms with van der Waals surface area (Å²) in [5.74, 6) is 5.76. The second-order valence-corrected chi connectivity index (χ2v) is 26.1. The average Bonchev–Trinajstić information content (AvgIpc) is 3.07. The van der Waals surface area contributed by atoms with Crippen LogP contribution in [0.5, 0.6) is 17.2 Å². The van der Waals surface area contributed by atoms with Crippen LogP contribution in [0.15, 0.2) is 59.5 Å². The van der Waals surface area contributed by atoms with Crippen molar-refractivity contribution in [2.24, 2.45) is 0 Å². The molecule has 0 saturated heterocycles. The van der Waals surface area contributed by atoms with Gasteiger partial charge in [-0.15, -0.1) is 0 Å². The Bertz CT molecular complexity index is 1540. The molecule has 1 N–H and O–H groups in total. The molecule has 0 atom stereocenters. The van der Waals surface area contributed by atoms with Crippen LogP contribution in [0.25, 0.3) is 11.1 Å². The van der Waals surface area contributed by atoms with E-state index < -0.39 is 28.4 Å². The van der Waals surface area contributed by atoms with Gasteiger partial charge in [-0.05, 0) is 6.92 Å². The Hall–Kier alpha value is -2.67. The molecule has 0 fully saturated rings. The van der Waals surface area contributed by atoms with Crippen molar-refractivity contribution >= 4 is 28.4 Å². The van der Waals surface area contributed by atoms with Crippen LogP contribution >= 0.6 is 0 Å². The quantitative estimate of drug-likeness (QED) is 0.104. The summed E-state index contributed by atoms with van der Waals surface area (Å²) in [6, 6.07) is 16.8. The molecule has 0 saturated carbocycles. The monoisotopic (exact) mass is 755 g/mol. The predicted octanol–water partition coefficient (Wildman–Crippen LogP) is 8.95. The van der Waals surface area contributed by atoms with Crippen molar-refractivity contribution in [2.75, 3.05) is 27.9 Å². The molecule has 3 rings (SSSR count). The van der Waals surface area contributed by atoms with Gasteiger partial charge in [0, 0.05) is 0 Å². The first-order valence-electron chi connectivity index (χ1n) is 16.7. The number of hydrogen-bond acceptors (Lipinski definition) is 5. The van der Waals surface area contributed by atoms with Gasteiger partial charge >= 0.3 is 277 Å². The van der Waals surface area contributed by atoms with E-state index in [1.807, 2.05) is 49.4 Å². The summed E-state index contributed by atoms with van der Waals surface area (Å²) < 4.78 is 54.3. The van der Waals surface area contributed by atoms with Crippen LogP contribution in [-0.4, -0.2) is 54.7 Å². The number of rotatable bonds is 18. The van der Waals surface area contributed by atoms with Crippen LogP contribution in [0.4, 0.5) is 0 Å². The van der Waals surface area contributed by atoms with Gasteiger partial charge in [-0.25, -0.2) is 0 Å². The molecule has 0 aliphatic carbocycles. The minimum absolute atomic E-state index is 0.221. The second-order valence-electron chi connectivity index (χ2n) is 12.1. The maximum atomic E-state index is 13.2. The molecule has 3 aromatic rings. The van der Waals surface area contributed by atoms with Crippen molar-refractivity contribution in [2.45, 2.75) is 90.8 Å². The molecule has 0 aromatic heterocycles. The van der Waals surface area contributed by atoms with E-state index in [0.717, 1.165) is 33.6 Å². The molecule has 0 amide bonds. The molecule has 0 unspecified atom stereocenters. The first-order valence-corrected chi connectivity index (χ1v) is 25.7. The van der Waals surface area contributed by atoms with Gasteiger partial charge in [-0.1, -0.05) is 0 Å². The summed E-state index contributed by atoms with van der Waals surface area (Å²) in [5.41, 5.74) is 4.65. The third-order valence-corrected chi connectivity index (χ3v) is 23.2. The Labute approximate surface area is 282 Å². The van der Waals surface area contributed by atoms with Gasteiger partial charge < -0.3 is 0 Å². The van der Waals surface area contributed by atoms with E-state index in [4.69, 9.17) is 14.2 Å². The Morgan fingerprint density at radius 1 is 0.783 bits per heavy atom. The normalized spacial score (nSPS) is 11.5. The molecule has 6 nitrogen and oxygen atoms in total. The molecule has 250 valence electrons. The molecular formula is C38H53NO5SSn. The van der Waals surface area contributed by atoms with E-state index in [9.17, 15) is 8.42 Å². The molecule has 0 spiro atoms. The molecule has 0 aliphatic rings. The van der Waals surface area contributed by atoms with Crippen molar-refractivity contribution in [3.8, 4) is 38.2 Å². The predicted molar refractivity (Wildman–Crippen MR) is 193 cm³/mol. The van der Waals surface area contributed by atoms with E-state index >= 15 is 0 Å². The number of ether oxygens (including phenoxy) is 3. The van der Waals surface area contributed by atoms with Gasteiger partial charge in [0.05, 0.1) is 0 Å². The molecule has 46 heavy (non-hydrogen) atoms. The zero-order valence-electron chi connectivity index (χ0n) is 28.9. The third kappa shape index (κ3) is 10.2. The minimum atomic E-state index is -3.67. The summed E-state index contributed by atoms with van der Waals surface area (Å²) in [7, 11) is 1.27. The van der Waals surface area contributed by atoms with Crippen molar-refractivity contribution in [3.05, 3.63) is 71.3 Å². The summed E-state index contributed by atoms with van der Waals surface area (Å²) in [4.78, 5) is 0.256. The van der Waals surface area contributed by atoms with Gasteiger partial charge in [0.2, 0.25) is 0 Å². The first kappa shape index (κ1) is 37.8. The zero-order chi connectivity index (χ0) is 33.6. The second kappa shape index (κ2) is 18.6. The SMILES string of the molecule is CCC[CH2][Sn]([C]#Cc1c(CCNS(=O)(=O)c2ccc(C)cc2)cc(OC)c(OC)c1-c1ccc(OC)cc1)([CH2]CCC)[CH2]CCC. The van der Waals surface area contributed by atoms with E-state index in [-0.39, 0.29) is 11.4 Å². The van der Waals surface area contributed by atoms with E-state index in [1.54, 1.807) is 33.5 Å². The van der Waals surface area contributed by atoms with E-state index in [0.29, 0.717) is 17.9 Å². The Balaban J connectivity index is 2.21. The molecule has 0 aliphatic heterocycles. The van der Waals surface area contributed by atoms with Gasteiger partial charge in [0.1, 0.15) is 0 Å². The van der Waals surface area contributed by atoms with Gasteiger partial charge in [0.25, 0.3) is 0 Å². The molecular weight excluding hydrogens is 701 g/mol. The zero-order valence-corrected chi connectivity index (χ0v) is 32.6.